The normalized spacial score (nSPS) is 18.0. The van der Waals surface area contributed by atoms with Crippen molar-refractivity contribution in [3.05, 3.63) is 71.3 Å². The minimum Gasteiger partial charge on any atom is -0.372 e. The van der Waals surface area contributed by atoms with Crippen LogP contribution in [0.25, 0.3) is 6.08 Å². The number of hydrogen-bond donors (Lipinski definition) is 1. The van der Waals surface area contributed by atoms with Crippen molar-refractivity contribution in [1.82, 2.24) is 5.32 Å². The van der Waals surface area contributed by atoms with Crippen molar-refractivity contribution >= 4 is 17.7 Å². The van der Waals surface area contributed by atoms with E-state index in [4.69, 9.17) is 0 Å². The highest BCUT2D eigenvalue weighted by Crippen LogP contribution is 2.41. The average Bonchev–Trinajstić information content (AvgIpc) is 3.62. The fraction of sp³-hybridized carbons (Fsp3) is 0.360. The number of carbonyl (C=O) groups is 1. The summed E-state index contributed by atoms with van der Waals surface area (Å²) in [4.78, 5) is 15.2. The number of piperidine rings is 1. The van der Waals surface area contributed by atoms with E-state index in [1.165, 1.54) is 24.9 Å². The first kappa shape index (κ1) is 19.3. The zero-order chi connectivity index (χ0) is 20.1. The van der Waals surface area contributed by atoms with Gasteiger partial charge >= 0.3 is 0 Å². The maximum Gasteiger partial charge on any atom is 0.262 e. The monoisotopic (exact) mass is 385 g/mol. The van der Waals surface area contributed by atoms with Crippen LogP contribution in [0.15, 0.2) is 60.2 Å². The van der Waals surface area contributed by atoms with Crippen molar-refractivity contribution in [1.29, 1.82) is 5.26 Å². The highest BCUT2D eigenvalue weighted by atomic mass is 16.1. The van der Waals surface area contributed by atoms with Crippen molar-refractivity contribution in [2.24, 2.45) is 5.92 Å². The number of nitrogens with one attached hydrogen (secondary N) is 1. The van der Waals surface area contributed by atoms with Crippen molar-refractivity contribution in [3.8, 4) is 6.07 Å². The Balaban J connectivity index is 1.46. The summed E-state index contributed by atoms with van der Waals surface area (Å²) in [5.41, 5.74) is 3.34. The summed E-state index contributed by atoms with van der Waals surface area (Å²) in [5, 5.41) is 12.7. The molecule has 1 heterocycles. The van der Waals surface area contributed by atoms with Crippen LogP contribution in [0.1, 0.15) is 49.3 Å². The summed E-state index contributed by atoms with van der Waals surface area (Å²) in [7, 11) is 0. The van der Waals surface area contributed by atoms with Crippen LogP contribution in [0.5, 0.6) is 0 Å². The second kappa shape index (κ2) is 8.96. The summed E-state index contributed by atoms with van der Waals surface area (Å²) < 4.78 is 0. The molecule has 2 aromatic carbocycles. The van der Waals surface area contributed by atoms with Crippen LogP contribution in [0.3, 0.4) is 0 Å². The quantitative estimate of drug-likeness (QED) is 0.571. The van der Waals surface area contributed by atoms with Gasteiger partial charge in [-0.2, -0.15) is 5.26 Å². The van der Waals surface area contributed by atoms with E-state index in [9.17, 15) is 10.1 Å². The molecule has 1 saturated carbocycles. The fourth-order valence-electron chi connectivity index (χ4n) is 4.03. The summed E-state index contributed by atoms with van der Waals surface area (Å²) in [5.74, 6) is 0.165. The van der Waals surface area contributed by atoms with E-state index in [1.807, 2.05) is 42.5 Å². The van der Waals surface area contributed by atoms with Gasteiger partial charge in [0.1, 0.15) is 11.6 Å². The molecule has 4 nitrogen and oxygen atoms in total. The Morgan fingerprint density at radius 1 is 1.03 bits per heavy atom. The molecule has 2 aromatic rings. The highest BCUT2D eigenvalue weighted by Gasteiger charge is 2.33. The van der Waals surface area contributed by atoms with Crippen LogP contribution in [0.2, 0.25) is 0 Å². The number of nitrogens with zero attached hydrogens (tertiary/aromatic N) is 2. The van der Waals surface area contributed by atoms with Gasteiger partial charge in [0.05, 0.1) is 6.04 Å². The molecule has 1 amide bonds. The molecule has 4 heteroatoms. The first-order valence-electron chi connectivity index (χ1n) is 10.6. The van der Waals surface area contributed by atoms with Crippen LogP contribution >= 0.6 is 0 Å². The molecule has 148 valence electrons. The third-order valence-corrected chi connectivity index (χ3v) is 5.83. The molecule has 0 radical (unpaired) electrons. The van der Waals surface area contributed by atoms with Crippen molar-refractivity contribution in [2.75, 3.05) is 18.0 Å². The summed E-state index contributed by atoms with van der Waals surface area (Å²) >= 11 is 0. The maximum atomic E-state index is 12.8. The lowest BCUT2D eigenvalue weighted by Crippen LogP contribution is -2.30. The van der Waals surface area contributed by atoms with E-state index in [0.717, 1.165) is 37.1 Å². The van der Waals surface area contributed by atoms with E-state index in [-0.39, 0.29) is 17.5 Å². The first-order chi connectivity index (χ1) is 14.2. The lowest BCUT2D eigenvalue weighted by molar-refractivity contribution is -0.117. The fourth-order valence-corrected chi connectivity index (χ4v) is 4.03. The maximum absolute atomic E-state index is 12.8. The zero-order valence-electron chi connectivity index (χ0n) is 16.7. The van der Waals surface area contributed by atoms with Crippen molar-refractivity contribution < 1.29 is 4.79 Å². The van der Waals surface area contributed by atoms with Gasteiger partial charge in [0.2, 0.25) is 0 Å². The van der Waals surface area contributed by atoms with Gasteiger partial charge in [-0.05, 0) is 67.4 Å². The Labute approximate surface area is 172 Å². The van der Waals surface area contributed by atoms with Crippen LogP contribution < -0.4 is 10.2 Å². The Morgan fingerprint density at radius 2 is 1.72 bits per heavy atom. The number of benzene rings is 2. The number of nitriles is 1. The van der Waals surface area contributed by atoms with Gasteiger partial charge in [-0.3, -0.25) is 4.79 Å². The second-order valence-corrected chi connectivity index (χ2v) is 8.01. The van der Waals surface area contributed by atoms with E-state index in [0.29, 0.717) is 5.92 Å². The molecule has 1 aliphatic heterocycles. The topological polar surface area (TPSA) is 56.1 Å². The van der Waals surface area contributed by atoms with Crippen LogP contribution in [0.4, 0.5) is 5.69 Å². The molecule has 1 unspecified atom stereocenters. The second-order valence-electron chi connectivity index (χ2n) is 8.01. The summed E-state index contributed by atoms with van der Waals surface area (Å²) in [6, 6.07) is 20.2. The van der Waals surface area contributed by atoms with E-state index in [2.05, 4.69) is 28.4 Å². The molecule has 1 aliphatic carbocycles. The zero-order valence-corrected chi connectivity index (χ0v) is 16.7. The summed E-state index contributed by atoms with van der Waals surface area (Å²) in [6.45, 7) is 2.20. The number of hydrogen-bond acceptors (Lipinski definition) is 3. The molecular formula is C25H27N3O. The first-order valence-corrected chi connectivity index (χ1v) is 10.6. The largest absolute Gasteiger partial charge is 0.372 e. The molecule has 4 rings (SSSR count). The molecule has 29 heavy (non-hydrogen) atoms. The number of anilines is 1. The molecule has 0 aromatic heterocycles. The SMILES string of the molecule is N#C/C(=C\c1ccc(N2CCCCC2)cc1)C(=O)NC(c1ccccc1)C1CC1. The number of amides is 1. The Bertz CT molecular complexity index is 901. The molecule has 0 spiro atoms. The minimum absolute atomic E-state index is 0.0260. The number of carbonyl (C=O) groups excluding carboxylic acids is 1. The highest BCUT2D eigenvalue weighted by molar-refractivity contribution is 6.01. The van der Waals surface area contributed by atoms with Gasteiger partial charge in [-0.1, -0.05) is 42.5 Å². The smallest absolute Gasteiger partial charge is 0.262 e. The van der Waals surface area contributed by atoms with E-state index >= 15 is 0 Å². The minimum atomic E-state index is -0.298. The lowest BCUT2D eigenvalue weighted by atomic mass is 10.0. The molecule has 2 fully saturated rings. The average molecular weight is 386 g/mol. The molecule has 2 aliphatic rings. The van der Waals surface area contributed by atoms with E-state index < -0.39 is 0 Å². The predicted molar refractivity (Wildman–Crippen MR) is 116 cm³/mol. The molecule has 1 atom stereocenters. The van der Waals surface area contributed by atoms with Crippen molar-refractivity contribution in [3.63, 3.8) is 0 Å². The Hall–Kier alpha value is -3.06. The Morgan fingerprint density at radius 3 is 2.34 bits per heavy atom. The molecular weight excluding hydrogens is 358 g/mol. The number of rotatable bonds is 6. The third-order valence-electron chi connectivity index (χ3n) is 5.83. The molecule has 0 bridgehead atoms. The van der Waals surface area contributed by atoms with Gasteiger partial charge in [-0.25, -0.2) is 0 Å². The standard InChI is InChI=1S/C25H27N3O/c26-18-22(17-19-9-13-23(14-10-19)28-15-5-2-6-16-28)25(29)27-24(21-11-12-21)20-7-3-1-4-8-20/h1,3-4,7-10,13-14,17,21,24H,2,5-6,11-12,15-16H2,(H,27,29)/b22-17+. The molecule has 1 N–H and O–H groups in total. The van der Waals surface area contributed by atoms with Gasteiger partial charge in [0.25, 0.3) is 5.91 Å². The van der Waals surface area contributed by atoms with Gasteiger partial charge < -0.3 is 10.2 Å². The van der Waals surface area contributed by atoms with Crippen LogP contribution in [-0.2, 0) is 4.79 Å². The van der Waals surface area contributed by atoms with Gasteiger partial charge in [0, 0.05) is 18.8 Å². The van der Waals surface area contributed by atoms with Crippen molar-refractivity contribution in [2.45, 2.75) is 38.1 Å². The predicted octanol–water partition coefficient (Wildman–Crippen LogP) is 4.85. The summed E-state index contributed by atoms with van der Waals surface area (Å²) in [6.07, 6.45) is 7.70. The van der Waals surface area contributed by atoms with Crippen LogP contribution in [-0.4, -0.2) is 19.0 Å². The third kappa shape index (κ3) is 4.86. The molecule has 1 saturated heterocycles. The van der Waals surface area contributed by atoms with Gasteiger partial charge in [0.15, 0.2) is 0 Å². The van der Waals surface area contributed by atoms with Gasteiger partial charge in [-0.15, -0.1) is 0 Å². The van der Waals surface area contributed by atoms with Crippen LogP contribution in [0, 0.1) is 17.2 Å². The van der Waals surface area contributed by atoms with E-state index in [1.54, 1.807) is 6.08 Å². The lowest BCUT2D eigenvalue weighted by Gasteiger charge is -2.28. The Kier molecular flexibility index (Phi) is 5.95.